The number of rotatable bonds is 6. The maximum Gasteiger partial charge on any atom is 0.159 e. The van der Waals surface area contributed by atoms with Gasteiger partial charge in [-0.3, -0.25) is 0 Å². The van der Waals surface area contributed by atoms with E-state index >= 15 is 0 Å². The number of hydrogen-bond donors (Lipinski definition) is 2. The Hall–Kier alpha value is -1.26. The lowest BCUT2D eigenvalue weighted by molar-refractivity contribution is 0.174. The summed E-state index contributed by atoms with van der Waals surface area (Å²) in [5, 5.41) is 12.6. The van der Waals surface area contributed by atoms with Crippen molar-refractivity contribution >= 4 is 0 Å². The van der Waals surface area contributed by atoms with Gasteiger partial charge in [-0.2, -0.15) is 0 Å². The molecule has 2 nitrogen and oxygen atoms in total. The maximum atomic E-state index is 12.9. The van der Waals surface area contributed by atoms with Crippen LogP contribution < -0.4 is 5.32 Å². The third-order valence-corrected chi connectivity index (χ3v) is 2.19. The molecule has 16 heavy (non-hydrogen) atoms. The predicted octanol–water partition coefficient (Wildman–Crippen LogP) is 2.16. The van der Waals surface area contributed by atoms with Gasteiger partial charge in [-0.05, 0) is 30.7 Å². The van der Waals surface area contributed by atoms with Crippen LogP contribution in [-0.4, -0.2) is 18.2 Å². The third kappa shape index (κ3) is 3.72. The van der Waals surface area contributed by atoms with Gasteiger partial charge in [0.1, 0.15) is 0 Å². The quantitative estimate of drug-likeness (QED) is 0.576. The molecular formula is C12H15F2NO. The van der Waals surface area contributed by atoms with Gasteiger partial charge in [0.25, 0.3) is 0 Å². The summed E-state index contributed by atoms with van der Waals surface area (Å²) >= 11 is 0. The van der Waals surface area contributed by atoms with Crippen molar-refractivity contribution in [1.82, 2.24) is 5.32 Å². The van der Waals surface area contributed by atoms with Crippen LogP contribution in [0, 0.1) is 11.6 Å². The molecule has 0 bridgehead atoms. The van der Waals surface area contributed by atoms with Gasteiger partial charge in [0.15, 0.2) is 11.6 Å². The molecule has 0 saturated heterocycles. The van der Waals surface area contributed by atoms with Crippen LogP contribution in [0.2, 0.25) is 0 Å². The van der Waals surface area contributed by atoms with E-state index in [4.69, 9.17) is 0 Å². The third-order valence-electron chi connectivity index (χ3n) is 2.19. The molecule has 2 N–H and O–H groups in total. The van der Waals surface area contributed by atoms with E-state index in [0.29, 0.717) is 18.7 Å². The minimum absolute atomic E-state index is 0.304. The van der Waals surface area contributed by atoms with Crippen molar-refractivity contribution in [2.45, 2.75) is 12.5 Å². The number of benzene rings is 1. The second-order valence-corrected chi connectivity index (χ2v) is 3.47. The monoisotopic (exact) mass is 227 g/mol. The Bertz CT molecular complexity index is 355. The summed E-state index contributed by atoms with van der Waals surface area (Å²) in [5.74, 6) is -1.85. The minimum atomic E-state index is -0.942. The van der Waals surface area contributed by atoms with Crippen LogP contribution in [0.15, 0.2) is 30.9 Å². The highest BCUT2D eigenvalue weighted by Crippen LogP contribution is 2.15. The van der Waals surface area contributed by atoms with E-state index in [-0.39, 0.29) is 0 Å². The molecule has 0 saturated carbocycles. The largest absolute Gasteiger partial charge is 0.387 e. The standard InChI is InChI=1S/C12H15F2NO/c1-2-3-6-15-8-12(16)9-4-5-10(13)11(14)7-9/h2,4-5,7,12,15-16H,1,3,6,8H2. The minimum Gasteiger partial charge on any atom is -0.387 e. The summed E-state index contributed by atoms with van der Waals surface area (Å²) < 4.78 is 25.5. The van der Waals surface area contributed by atoms with Crippen LogP contribution in [0.3, 0.4) is 0 Å². The summed E-state index contributed by atoms with van der Waals surface area (Å²) in [4.78, 5) is 0. The molecule has 1 unspecified atom stereocenters. The van der Waals surface area contributed by atoms with Crippen molar-refractivity contribution in [2.75, 3.05) is 13.1 Å². The Morgan fingerprint density at radius 1 is 1.38 bits per heavy atom. The Morgan fingerprint density at radius 2 is 2.12 bits per heavy atom. The molecule has 1 aromatic carbocycles. The van der Waals surface area contributed by atoms with Crippen molar-refractivity contribution in [3.05, 3.63) is 48.1 Å². The van der Waals surface area contributed by atoms with Crippen molar-refractivity contribution in [3.63, 3.8) is 0 Å². The molecule has 0 spiro atoms. The fourth-order valence-corrected chi connectivity index (χ4v) is 1.28. The summed E-state index contributed by atoms with van der Waals surface area (Å²) in [6, 6.07) is 3.39. The van der Waals surface area contributed by atoms with Crippen LogP contribution in [0.1, 0.15) is 18.1 Å². The summed E-state index contributed by atoms with van der Waals surface area (Å²) in [5.41, 5.74) is 0.366. The van der Waals surface area contributed by atoms with Crippen molar-refractivity contribution in [1.29, 1.82) is 0 Å². The second-order valence-electron chi connectivity index (χ2n) is 3.47. The van der Waals surface area contributed by atoms with Crippen LogP contribution in [0.25, 0.3) is 0 Å². The average molecular weight is 227 g/mol. The summed E-state index contributed by atoms with van der Waals surface area (Å²) in [6.45, 7) is 4.57. The number of aliphatic hydroxyl groups is 1. The molecule has 0 heterocycles. The predicted molar refractivity (Wildman–Crippen MR) is 59.0 cm³/mol. The van der Waals surface area contributed by atoms with Crippen molar-refractivity contribution in [3.8, 4) is 0 Å². The fraction of sp³-hybridized carbons (Fsp3) is 0.333. The van der Waals surface area contributed by atoms with Gasteiger partial charge >= 0.3 is 0 Å². The van der Waals surface area contributed by atoms with Gasteiger partial charge < -0.3 is 10.4 Å². The van der Waals surface area contributed by atoms with Crippen LogP contribution in [0.5, 0.6) is 0 Å². The zero-order valence-electron chi connectivity index (χ0n) is 8.92. The summed E-state index contributed by atoms with van der Waals surface area (Å²) in [6.07, 6.45) is 1.72. The molecule has 0 aliphatic rings. The molecule has 1 atom stereocenters. The topological polar surface area (TPSA) is 32.3 Å². The van der Waals surface area contributed by atoms with E-state index in [9.17, 15) is 13.9 Å². The zero-order chi connectivity index (χ0) is 12.0. The lowest BCUT2D eigenvalue weighted by Crippen LogP contribution is -2.22. The van der Waals surface area contributed by atoms with Gasteiger partial charge in [0, 0.05) is 6.54 Å². The molecule has 1 aromatic rings. The fourth-order valence-electron chi connectivity index (χ4n) is 1.28. The first-order valence-electron chi connectivity index (χ1n) is 5.09. The molecule has 0 aromatic heterocycles. The lowest BCUT2D eigenvalue weighted by atomic mass is 10.1. The SMILES string of the molecule is C=CCCNCC(O)c1ccc(F)c(F)c1. The highest BCUT2D eigenvalue weighted by atomic mass is 19.2. The molecule has 0 fully saturated rings. The van der Waals surface area contributed by atoms with E-state index in [1.165, 1.54) is 6.07 Å². The first-order valence-corrected chi connectivity index (χ1v) is 5.09. The van der Waals surface area contributed by atoms with Crippen LogP contribution >= 0.6 is 0 Å². The van der Waals surface area contributed by atoms with E-state index in [1.54, 1.807) is 6.08 Å². The number of hydrogen-bond acceptors (Lipinski definition) is 2. The molecule has 4 heteroatoms. The molecule has 0 amide bonds. The molecule has 0 radical (unpaired) electrons. The molecule has 88 valence electrons. The van der Waals surface area contributed by atoms with Gasteiger partial charge in [-0.25, -0.2) is 8.78 Å². The molecular weight excluding hydrogens is 212 g/mol. The highest BCUT2D eigenvalue weighted by Gasteiger charge is 2.09. The van der Waals surface area contributed by atoms with E-state index in [2.05, 4.69) is 11.9 Å². The smallest absolute Gasteiger partial charge is 0.159 e. The van der Waals surface area contributed by atoms with Gasteiger partial charge in [0.05, 0.1) is 6.10 Å². The number of halogens is 2. The average Bonchev–Trinajstić information content (AvgIpc) is 2.28. The molecule has 0 aliphatic heterocycles. The van der Waals surface area contributed by atoms with Crippen LogP contribution in [0.4, 0.5) is 8.78 Å². The Morgan fingerprint density at radius 3 is 2.75 bits per heavy atom. The Balaban J connectivity index is 2.49. The Labute approximate surface area is 93.6 Å². The summed E-state index contributed by atoms with van der Waals surface area (Å²) in [7, 11) is 0. The zero-order valence-corrected chi connectivity index (χ0v) is 8.92. The molecule has 1 rings (SSSR count). The molecule has 0 aliphatic carbocycles. The van der Waals surface area contributed by atoms with E-state index in [0.717, 1.165) is 18.6 Å². The van der Waals surface area contributed by atoms with Crippen LogP contribution in [-0.2, 0) is 0 Å². The van der Waals surface area contributed by atoms with E-state index < -0.39 is 17.7 Å². The number of nitrogens with one attached hydrogen (secondary N) is 1. The first-order chi connectivity index (χ1) is 7.65. The van der Waals surface area contributed by atoms with E-state index in [1.807, 2.05) is 0 Å². The number of aliphatic hydroxyl groups excluding tert-OH is 1. The van der Waals surface area contributed by atoms with Gasteiger partial charge in [-0.15, -0.1) is 6.58 Å². The van der Waals surface area contributed by atoms with Crippen molar-refractivity contribution in [2.24, 2.45) is 0 Å². The van der Waals surface area contributed by atoms with Gasteiger partial charge in [0.2, 0.25) is 0 Å². The maximum absolute atomic E-state index is 12.9. The highest BCUT2D eigenvalue weighted by molar-refractivity contribution is 5.20. The Kier molecular flexibility index (Phi) is 5.08. The second kappa shape index (κ2) is 6.35. The van der Waals surface area contributed by atoms with Gasteiger partial charge in [-0.1, -0.05) is 12.1 Å². The first kappa shape index (κ1) is 12.8. The van der Waals surface area contributed by atoms with Crippen molar-refractivity contribution < 1.29 is 13.9 Å². The lowest BCUT2D eigenvalue weighted by Gasteiger charge is -2.11. The normalized spacial score (nSPS) is 12.4.